The molecule has 1 aliphatic rings. The Morgan fingerprint density at radius 1 is 1.23 bits per heavy atom. The summed E-state index contributed by atoms with van der Waals surface area (Å²) in [5, 5.41) is 0. The largest absolute Gasteiger partial charge is 0.0804 e. The molecular formula is C13H20. The van der Waals surface area contributed by atoms with Crippen molar-refractivity contribution in [2.75, 3.05) is 0 Å². The van der Waals surface area contributed by atoms with Gasteiger partial charge in [-0.25, -0.2) is 0 Å². The van der Waals surface area contributed by atoms with E-state index in [9.17, 15) is 0 Å². The first-order valence-electron chi connectivity index (χ1n) is 4.98. The molecule has 0 amide bonds. The summed E-state index contributed by atoms with van der Waals surface area (Å²) in [6, 6.07) is 0. The smallest absolute Gasteiger partial charge is 0.0102 e. The maximum Gasteiger partial charge on any atom is 0.0102 e. The van der Waals surface area contributed by atoms with Crippen molar-refractivity contribution in [2.24, 2.45) is 5.41 Å². The van der Waals surface area contributed by atoms with E-state index in [1.54, 1.807) is 0 Å². The molecule has 0 aromatic carbocycles. The van der Waals surface area contributed by atoms with Crippen LogP contribution in [0.1, 0.15) is 41.0 Å². The molecule has 0 saturated carbocycles. The highest BCUT2D eigenvalue weighted by Gasteiger charge is 2.25. The zero-order chi connectivity index (χ0) is 10.1. The van der Waals surface area contributed by atoms with Gasteiger partial charge in [-0.2, -0.15) is 0 Å². The number of hydrogen-bond donors (Lipinski definition) is 0. The fourth-order valence-corrected chi connectivity index (χ4v) is 1.76. The van der Waals surface area contributed by atoms with Gasteiger partial charge in [0.15, 0.2) is 0 Å². The summed E-state index contributed by atoms with van der Waals surface area (Å²) >= 11 is 0. The van der Waals surface area contributed by atoms with Crippen LogP contribution in [0.25, 0.3) is 0 Å². The molecule has 72 valence electrons. The van der Waals surface area contributed by atoms with Gasteiger partial charge in [0.2, 0.25) is 0 Å². The molecule has 0 heteroatoms. The minimum absolute atomic E-state index is 0.214. The average molecular weight is 176 g/mol. The lowest BCUT2D eigenvalue weighted by Gasteiger charge is -2.28. The van der Waals surface area contributed by atoms with Crippen LogP contribution >= 0.6 is 0 Å². The molecule has 0 aliphatic heterocycles. The van der Waals surface area contributed by atoms with Crippen LogP contribution in [-0.2, 0) is 0 Å². The van der Waals surface area contributed by atoms with Gasteiger partial charge in [0.1, 0.15) is 0 Å². The molecule has 0 unspecified atom stereocenters. The van der Waals surface area contributed by atoms with Crippen LogP contribution in [0.3, 0.4) is 0 Å². The van der Waals surface area contributed by atoms with Crippen molar-refractivity contribution < 1.29 is 0 Å². The fourth-order valence-electron chi connectivity index (χ4n) is 1.76. The predicted molar refractivity (Wildman–Crippen MR) is 59.7 cm³/mol. The zero-order valence-electron chi connectivity index (χ0n) is 9.44. The van der Waals surface area contributed by atoms with Crippen molar-refractivity contribution in [2.45, 2.75) is 41.0 Å². The number of rotatable bonds is 2. The third-order valence-electron chi connectivity index (χ3n) is 3.18. The van der Waals surface area contributed by atoms with E-state index in [2.05, 4.69) is 52.8 Å². The van der Waals surface area contributed by atoms with Gasteiger partial charge in [-0.15, -0.1) is 0 Å². The molecule has 0 aromatic heterocycles. The summed E-state index contributed by atoms with van der Waals surface area (Å²) in [6.07, 6.45) is 7.92. The predicted octanol–water partition coefficient (Wildman–Crippen LogP) is 4.26. The van der Waals surface area contributed by atoms with Crippen LogP contribution in [0, 0.1) is 5.41 Å². The van der Waals surface area contributed by atoms with E-state index in [4.69, 9.17) is 0 Å². The monoisotopic (exact) mass is 176 g/mol. The van der Waals surface area contributed by atoms with Crippen LogP contribution < -0.4 is 0 Å². The van der Waals surface area contributed by atoms with Crippen molar-refractivity contribution in [1.82, 2.24) is 0 Å². The molecule has 0 aromatic rings. The van der Waals surface area contributed by atoms with E-state index in [0.717, 1.165) is 6.42 Å². The first-order chi connectivity index (χ1) is 5.96. The molecule has 0 N–H and O–H groups in total. The van der Waals surface area contributed by atoms with E-state index < -0.39 is 0 Å². The summed E-state index contributed by atoms with van der Waals surface area (Å²) in [7, 11) is 0. The topological polar surface area (TPSA) is 0 Å². The summed E-state index contributed by atoms with van der Waals surface area (Å²) in [6.45, 7) is 11.2. The van der Waals surface area contributed by atoms with Gasteiger partial charge >= 0.3 is 0 Å². The van der Waals surface area contributed by atoms with Gasteiger partial charge in [0, 0.05) is 5.41 Å². The van der Waals surface area contributed by atoms with E-state index in [-0.39, 0.29) is 5.41 Å². The van der Waals surface area contributed by atoms with Crippen molar-refractivity contribution in [1.29, 1.82) is 0 Å². The highest BCUT2D eigenvalue weighted by atomic mass is 14.3. The minimum Gasteiger partial charge on any atom is -0.0804 e. The minimum atomic E-state index is 0.214. The molecule has 0 saturated heterocycles. The molecule has 0 spiro atoms. The van der Waals surface area contributed by atoms with Crippen LogP contribution in [0.2, 0.25) is 0 Å². The Kier molecular flexibility index (Phi) is 2.80. The second-order valence-electron chi connectivity index (χ2n) is 4.55. The van der Waals surface area contributed by atoms with Crippen LogP contribution in [0.15, 0.2) is 34.9 Å². The summed E-state index contributed by atoms with van der Waals surface area (Å²) in [4.78, 5) is 0. The van der Waals surface area contributed by atoms with Gasteiger partial charge in [-0.3, -0.25) is 0 Å². The van der Waals surface area contributed by atoms with E-state index in [1.807, 2.05) is 0 Å². The molecule has 0 heterocycles. The maximum absolute atomic E-state index is 2.33. The van der Waals surface area contributed by atoms with E-state index in [0.29, 0.717) is 0 Å². The molecular weight excluding hydrogens is 156 g/mol. The lowest BCUT2D eigenvalue weighted by molar-refractivity contribution is 0.546. The second kappa shape index (κ2) is 3.53. The molecule has 1 rings (SSSR count). The molecule has 13 heavy (non-hydrogen) atoms. The van der Waals surface area contributed by atoms with Crippen LogP contribution in [0.5, 0.6) is 0 Å². The molecule has 0 bridgehead atoms. The molecule has 0 radical (unpaired) electrons. The standard InChI is InChI=1S/C13H20/c1-10(2)11(3)13(4,5)12-8-6-7-9-12/h6,8-9H,7H2,1-5H3. The van der Waals surface area contributed by atoms with Crippen molar-refractivity contribution >= 4 is 0 Å². The van der Waals surface area contributed by atoms with Gasteiger partial charge in [0.05, 0.1) is 0 Å². The number of hydrogen-bond acceptors (Lipinski definition) is 0. The van der Waals surface area contributed by atoms with E-state index >= 15 is 0 Å². The van der Waals surface area contributed by atoms with Crippen molar-refractivity contribution in [3.8, 4) is 0 Å². The Morgan fingerprint density at radius 3 is 2.23 bits per heavy atom. The third-order valence-corrected chi connectivity index (χ3v) is 3.18. The Morgan fingerprint density at radius 2 is 1.85 bits per heavy atom. The first kappa shape index (κ1) is 10.3. The summed E-state index contributed by atoms with van der Waals surface area (Å²) < 4.78 is 0. The molecule has 1 aliphatic carbocycles. The molecule has 0 fully saturated rings. The summed E-state index contributed by atoms with van der Waals surface area (Å²) in [5.74, 6) is 0. The summed E-state index contributed by atoms with van der Waals surface area (Å²) in [5.41, 5.74) is 4.61. The number of allylic oxidation sites excluding steroid dienone is 6. The lowest BCUT2D eigenvalue weighted by Crippen LogP contribution is -2.15. The average Bonchev–Trinajstić information content (AvgIpc) is 2.54. The fraction of sp³-hybridized carbons (Fsp3) is 0.538. The first-order valence-corrected chi connectivity index (χ1v) is 4.98. The lowest BCUT2D eigenvalue weighted by atomic mass is 9.76. The van der Waals surface area contributed by atoms with Gasteiger partial charge < -0.3 is 0 Å². The van der Waals surface area contributed by atoms with Crippen LogP contribution in [0.4, 0.5) is 0 Å². The Balaban J connectivity index is 3.01. The maximum atomic E-state index is 2.33. The molecule has 0 nitrogen and oxygen atoms in total. The molecule has 0 atom stereocenters. The SMILES string of the molecule is CC(C)=C(C)C(C)(C)C1=CCC=C1. The highest BCUT2D eigenvalue weighted by molar-refractivity contribution is 5.39. The van der Waals surface area contributed by atoms with Crippen molar-refractivity contribution in [3.05, 3.63) is 34.9 Å². The normalized spacial score (nSPS) is 15.9. The van der Waals surface area contributed by atoms with Crippen LogP contribution in [-0.4, -0.2) is 0 Å². The zero-order valence-corrected chi connectivity index (χ0v) is 9.44. The van der Waals surface area contributed by atoms with Gasteiger partial charge in [-0.05, 0) is 32.8 Å². The van der Waals surface area contributed by atoms with Crippen molar-refractivity contribution in [3.63, 3.8) is 0 Å². The Labute approximate surface area is 82.0 Å². The Bertz CT molecular complexity index is 277. The second-order valence-corrected chi connectivity index (χ2v) is 4.55. The Hall–Kier alpha value is -0.780. The van der Waals surface area contributed by atoms with Gasteiger partial charge in [0.25, 0.3) is 0 Å². The highest BCUT2D eigenvalue weighted by Crippen LogP contribution is 2.38. The quantitative estimate of drug-likeness (QED) is 0.552. The van der Waals surface area contributed by atoms with Gasteiger partial charge in [-0.1, -0.05) is 43.2 Å². The van der Waals surface area contributed by atoms with E-state index in [1.165, 1.54) is 16.7 Å². The third kappa shape index (κ3) is 1.93.